The summed E-state index contributed by atoms with van der Waals surface area (Å²) in [5, 5.41) is 27.5. The number of rotatable bonds is 50. The maximum atomic E-state index is 12.8. The number of imide groups is 2. The third kappa shape index (κ3) is 49.1. The molecule has 22 N–H and O–H groups in total. The van der Waals surface area contributed by atoms with Gasteiger partial charge in [0.15, 0.2) is 0 Å². The minimum atomic E-state index is -1.21. The fourth-order valence-corrected chi connectivity index (χ4v) is 9.79. The summed E-state index contributed by atoms with van der Waals surface area (Å²) in [5.74, 6) is -10.5. The van der Waals surface area contributed by atoms with Gasteiger partial charge in [-0.1, -0.05) is 0 Å². The van der Waals surface area contributed by atoms with E-state index in [1.165, 1.54) is 11.9 Å². The molecule has 17 amide bonds. The lowest BCUT2D eigenvalue weighted by Crippen LogP contribution is -2.47. The second-order valence-corrected chi connectivity index (χ2v) is 27.1. The number of ether oxygens (including phenoxy) is 2. The Balaban J connectivity index is 0. The Labute approximate surface area is 652 Å². The van der Waals surface area contributed by atoms with E-state index in [2.05, 4.69) is 58.9 Å². The highest BCUT2D eigenvalue weighted by Gasteiger charge is 2.37. The lowest BCUT2D eigenvalue weighted by molar-refractivity contribution is -0.201. The normalized spacial score (nSPS) is 13.4. The summed E-state index contributed by atoms with van der Waals surface area (Å²) in [6.07, 6.45) is 4.72. The summed E-state index contributed by atoms with van der Waals surface area (Å²) in [7, 11) is 8.10. The molecule has 2 fully saturated rings. The van der Waals surface area contributed by atoms with Crippen molar-refractivity contribution in [2.45, 2.75) is 199 Å². The molecule has 0 aromatic carbocycles. The first-order valence-corrected chi connectivity index (χ1v) is 36.7. The maximum absolute atomic E-state index is 12.8. The number of nitrogens with one attached hydrogen (secondary N) is 10. The number of likely N-dealkylation sites (N-methyl/N-ethyl adjacent to an activating group) is 4. The van der Waals surface area contributed by atoms with Gasteiger partial charge in [0.1, 0.15) is 50.5 Å². The second kappa shape index (κ2) is 57.7. The van der Waals surface area contributed by atoms with Crippen LogP contribution >= 0.6 is 0 Å². The summed E-state index contributed by atoms with van der Waals surface area (Å²) in [6, 6.07) is -1.71. The van der Waals surface area contributed by atoms with E-state index < -0.39 is 143 Å². The smallest absolute Gasteiger partial charge is 0.407 e. The van der Waals surface area contributed by atoms with Gasteiger partial charge in [-0.05, 0) is 154 Å². The molecule has 0 aromatic rings. The number of hydrogen-bond donors (Lipinski definition) is 16. The van der Waals surface area contributed by atoms with Gasteiger partial charge in [0.2, 0.25) is 65.0 Å². The standard InChI is InChI=1S/C26H50N8O7.C21H42N8O5.C20H26N4O11.CH5N/c1-26(2,3)41-25(40)33-15-12-22(37)34(16-20(35)31-13-8-6-10-18(29-4)23(27)38)17-21(36)32-14-9-7-11-19(30-5)24(28)39;1-25-15(20(23)33)7-3-5-11-27-17(30)13-29(19(32)9-10-22)14-18(31)28-12-6-4-8-16(26-2)21(24)34;1-20(2,3)33-19(32)21-9-8-12(25)22(10-17(30)34-23-13(26)4-5-14(23)27)11-18(31)35-24-15(28)6-7-16(24)29;1-2/h18-19,29-30H,6-17H2,1-5H3,(H2,27,38)(H2,28,39)(H,31,35)(H,32,36)(H,33,40);15-16,25-26H,3-14,22H2,1-2H3,(H2,23,33)(H2,24,34)(H,27,30)(H,28,31);4-11H2,1-3H3,(H,21,32);2H2,1H3. The number of carbonyl (C=O) groups is 19. The Morgan fingerprint density at radius 3 is 0.812 bits per heavy atom. The molecule has 0 saturated carbocycles. The number of alkyl carbamates (subject to hydrolysis) is 2. The van der Waals surface area contributed by atoms with Gasteiger partial charge in [0.25, 0.3) is 23.6 Å². The van der Waals surface area contributed by atoms with Gasteiger partial charge in [-0.25, -0.2) is 19.2 Å². The average Bonchev–Trinajstić information content (AvgIpc) is 1.61. The monoisotopic (exact) mass is 1600 g/mol. The first-order valence-electron chi connectivity index (χ1n) is 36.7. The predicted molar refractivity (Wildman–Crippen MR) is 401 cm³/mol. The Morgan fingerprint density at radius 1 is 0.366 bits per heavy atom. The van der Waals surface area contributed by atoms with E-state index in [1.54, 1.807) is 69.7 Å². The van der Waals surface area contributed by atoms with Gasteiger partial charge < -0.3 is 121 Å². The van der Waals surface area contributed by atoms with E-state index in [9.17, 15) is 91.1 Å². The van der Waals surface area contributed by atoms with E-state index in [4.69, 9.17) is 47.8 Å². The summed E-state index contributed by atoms with van der Waals surface area (Å²) in [6.45, 7) is 8.35. The molecule has 2 aliphatic rings. The minimum Gasteiger partial charge on any atom is -0.444 e. The van der Waals surface area contributed by atoms with Crippen LogP contribution in [0.4, 0.5) is 9.59 Å². The Hall–Kier alpha value is -10.3. The molecule has 112 heavy (non-hydrogen) atoms. The summed E-state index contributed by atoms with van der Waals surface area (Å²) >= 11 is 0. The van der Waals surface area contributed by atoms with Gasteiger partial charge in [-0.2, -0.15) is 0 Å². The van der Waals surface area contributed by atoms with Crippen LogP contribution in [0.5, 0.6) is 0 Å². The molecule has 2 rings (SSSR count). The molecule has 2 aliphatic heterocycles. The Kier molecular flexibility index (Phi) is 53.4. The van der Waals surface area contributed by atoms with Crippen LogP contribution in [0.1, 0.15) is 164 Å². The molecule has 0 spiro atoms. The number of hydrogen-bond acceptors (Lipinski definition) is 29. The Morgan fingerprint density at radius 2 is 0.598 bits per heavy atom. The molecule has 0 aliphatic carbocycles. The topological polar surface area (TPSA) is 654 Å². The number of unbranched alkanes of at least 4 members (excludes halogenated alkanes) is 4. The minimum absolute atomic E-state index is 0.0254. The van der Waals surface area contributed by atoms with Crippen LogP contribution in [-0.4, -0.2) is 293 Å². The molecule has 2 saturated heterocycles. The maximum Gasteiger partial charge on any atom is 0.407 e. The molecule has 4 atom stereocenters. The average molecular weight is 1600 g/mol. The number of primary amides is 4. The summed E-state index contributed by atoms with van der Waals surface area (Å²) in [4.78, 5) is 239. The third-order valence-corrected chi connectivity index (χ3v) is 15.5. The molecule has 0 bridgehead atoms. The molecule has 0 aromatic heterocycles. The van der Waals surface area contributed by atoms with Crippen molar-refractivity contribution in [2.75, 3.05) is 120 Å². The van der Waals surface area contributed by atoms with Crippen LogP contribution in [0.25, 0.3) is 0 Å². The van der Waals surface area contributed by atoms with E-state index in [0.29, 0.717) is 108 Å². The van der Waals surface area contributed by atoms with Crippen molar-refractivity contribution in [2.24, 2.45) is 34.4 Å². The molecular formula is C68H123N21O23. The third-order valence-electron chi connectivity index (χ3n) is 15.5. The SMILES string of the molecule is CC(C)(C)OC(=O)NCCC(=O)N(CC(=O)ON1C(=O)CCC1=O)CC(=O)ON1C(=O)CCC1=O.CN.CNC(CCCCNC(=O)CN(CC(=O)NCCCCC(NC)C(N)=O)C(=O)CCN)C(N)=O.CNC(CCCCNC(=O)CN(CC(=O)NCCCCC(NC)C(N)=O)C(=O)CCNC(=O)OC(C)(C)C)C(N)=O. The van der Waals surface area contributed by atoms with Crippen molar-refractivity contribution < 1.29 is 110 Å². The molecule has 44 nitrogen and oxygen atoms in total. The molecule has 4 unspecified atom stereocenters. The highest BCUT2D eigenvalue weighted by Crippen LogP contribution is 2.16. The number of carbonyl (C=O) groups excluding carboxylic acids is 19. The zero-order valence-corrected chi connectivity index (χ0v) is 66.5. The van der Waals surface area contributed by atoms with Crippen LogP contribution in [0.3, 0.4) is 0 Å². The molecule has 2 heterocycles. The lowest BCUT2D eigenvalue weighted by Gasteiger charge is -2.23. The van der Waals surface area contributed by atoms with Crippen LogP contribution in [0, 0.1) is 0 Å². The lowest BCUT2D eigenvalue weighted by atomic mass is 10.1. The van der Waals surface area contributed by atoms with Crippen LogP contribution < -0.4 is 87.6 Å². The van der Waals surface area contributed by atoms with Crippen molar-refractivity contribution in [1.82, 2.24) is 78.0 Å². The quantitative estimate of drug-likeness (QED) is 0.0199. The van der Waals surface area contributed by atoms with Crippen LogP contribution in [0.2, 0.25) is 0 Å². The second-order valence-electron chi connectivity index (χ2n) is 27.1. The first-order chi connectivity index (χ1) is 52.6. The van der Waals surface area contributed by atoms with Gasteiger partial charge in [0, 0.05) is 90.8 Å². The molecular weight excluding hydrogens is 1480 g/mol. The van der Waals surface area contributed by atoms with E-state index in [0.717, 1.165) is 4.90 Å². The number of amides is 17. The van der Waals surface area contributed by atoms with Gasteiger partial charge in [-0.3, -0.25) is 71.9 Å². The van der Waals surface area contributed by atoms with E-state index in [-0.39, 0.29) is 119 Å². The predicted octanol–water partition coefficient (Wildman–Crippen LogP) is -6.15. The van der Waals surface area contributed by atoms with E-state index in [1.807, 2.05) is 0 Å². The fraction of sp³-hybridized carbons (Fsp3) is 0.721. The van der Waals surface area contributed by atoms with E-state index >= 15 is 0 Å². The number of hydroxylamine groups is 4. The summed E-state index contributed by atoms with van der Waals surface area (Å²) < 4.78 is 10.2. The largest absolute Gasteiger partial charge is 0.444 e. The number of nitrogens with two attached hydrogens (primary N) is 6. The van der Waals surface area contributed by atoms with Crippen molar-refractivity contribution >= 4 is 113 Å². The van der Waals surface area contributed by atoms with Crippen molar-refractivity contribution in [3.63, 3.8) is 0 Å². The van der Waals surface area contributed by atoms with Crippen LogP contribution in [0.15, 0.2) is 0 Å². The van der Waals surface area contributed by atoms with Crippen molar-refractivity contribution in [1.29, 1.82) is 0 Å². The molecule has 44 heteroatoms. The van der Waals surface area contributed by atoms with Crippen molar-refractivity contribution in [3.05, 3.63) is 0 Å². The molecule has 0 radical (unpaired) electrons. The highest BCUT2D eigenvalue weighted by molar-refractivity contribution is 6.03. The van der Waals surface area contributed by atoms with Gasteiger partial charge in [-0.15, -0.1) is 10.1 Å². The molecule has 638 valence electrons. The summed E-state index contributed by atoms with van der Waals surface area (Å²) in [5.41, 5.74) is 29.6. The van der Waals surface area contributed by atoms with Crippen LogP contribution in [-0.2, 0) is 101 Å². The Bertz CT molecular complexity index is 2920. The van der Waals surface area contributed by atoms with Gasteiger partial charge in [0.05, 0.1) is 24.2 Å². The van der Waals surface area contributed by atoms with Gasteiger partial charge >= 0.3 is 24.1 Å². The highest BCUT2D eigenvalue weighted by atomic mass is 16.7. The zero-order chi connectivity index (χ0) is 85.7. The zero-order valence-electron chi connectivity index (χ0n) is 66.5. The fourth-order valence-electron chi connectivity index (χ4n) is 9.79. The first kappa shape index (κ1) is 104. The van der Waals surface area contributed by atoms with Crippen molar-refractivity contribution in [3.8, 4) is 0 Å². The number of nitrogens with zero attached hydrogens (tertiary/aromatic N) is 5.